The molecule has 0 bridgehead atoms. The molecule has 14 nitrogen and oxygen atoms in total. The summed E-state index contributed by atoms with van der Waals surface area (Å²) in [5.41, 5.74) is 8.95. The molecule has 0 saturated carbocycles. The molecule has 0 aromatic rings. The van der Waals surface area contributed by atoms with Crippen molar-refractivity contribution in [3.05, 3.63) is 0 Å². The molecule has 52 heavy (non-hydrogen) atoms. The Labute approximate surface area is 313 Å². The molecule has 0 rings (SSSR count). The molecule has 3 atom stereocenters. The summed E-state index contributed by atoms with van der Waals surface area (Å²) in [6.07, 6.45) is 3.61. The molecule has 14 heteroatoms. The first kappa shape index (κ1) is 49.1. The summed E-state index contributed by atoms with van der Waals surface area (Å²) in [5, 5.41) is 14.9. The normalized spacial score (nSPS) is 13.5. The van der Waals surface area contributed by atoms with Gasteiger partial charge in [0.15, 0.2) is 0 Å². The van der Waals surface area contributed by atoms with Crippen LogP contribution in [-0.4, -0.2) is 101 Å². The fourth-order valence-electron chi connectivity index (χ4n) is 6.02. The average Bonchev–Trinajstić information content (AvgIpc) is 3.09. The van der Waals surface area contributed by atoms with Crippen LogP contribution in [0.4, 0.5) is 0 Å². The number of carbonyl (C=O) groups excluding carboxylic acids is 6. The van der Waals surface area contributed by atoms with Crippen molar-refractivity contribution in [1.29, 1.82) is 0 Å². The van der Waals surface area contributed by atoms with Gasteiger partial charge in [-0.25, -0.2) is 0 Å². The van der Waals surface area contributed by atoms with E-state index in [0.29, 0.717) is 71.9 Å². The lowest BCUT2D eigenvalue weighted by molar-refractivity contribution is -0.148. The standard InChI is InChI=1S/C38H73N7O7/c1-8-11-15-44-36(51)30(24-32(47)43-20-18-41-16-13-39)26-37(4,5)31(46)23-29(35(50)45-21-19-42-17-14-40)27-38(6,7)34(49)28(10-3)25-33(48)52-22-12-9-2/h28-30,41-42H,8-27,39-40H2,1-7H3,(H,43,47)(H,44,51)(H,45,50). The first-order valence-electron chi connectivity index (χ1n) is 19.5. The van der Waals surface area contributed by atoms with Crippen LogP contribution in [0.15, 0.2) is 0 Å². The monoisotopic (exact) mass is 740 g/mol. The van der Waals surface area contributed by atoms with Crippen molar-refractivity contribution >= 4 is 35.3 Å². The number of amides is 3. The molecule has 0 aliphatic rings. The Kier molecular flexibility index (Phi) is 26.1. The second-order valence-corrected chi connectivity index (χ2v) is 15.0. The fourth-order valence-corrected chi connectivity index (χ4v) is 6.02. The third-order valence-electron chi connectivity index (χ3n) is 9.27. The minimum absolute atomic E-state index is 0.0440. The van der Waals surface area contributed by atoms with Gasteiger partial charge in [0.25, 0.3) is 0 Å². The molecular formula is C38H73N7O7. The molecule has 0 heterocycles. The lowest BCUT2D eigenvalue weighted by atomic mass is 9.70. The van der Waals surface area contributed by atoms with E-state index in [1.54, 1.807) is 27.7 Å². The van der Waals surface area contributed by atoms with Crippen molar-refractivity contribution in [1.82, 2.24) is 26.6 Å². The Hall–Kier alpha value is -2.94. The summed E-state index contributed by atoms with van der Waals surface area (Å²) in [7, 11) is 0. The van der Waals surface area contributed by atoms with Crippen molar-refractivity contribution in [2.24, 2.45) is 40.1 Å². The van der Waals surface area contributed by atoms with E-state index in [9.17, 15) is 28.8 Å². The number of nitrogens with two attached hydrogens (primary N) is 2. The number of carbonyl (C=O) groups is 6. The molecule has 0 spiro atoms. The van der Waals surface area contributed by atoms with Crippen LogP contribution >= 0.6 is 0 Å². The maximum absolute atomic E-state index is 14.1. The van der Waals surface area contributed by atoms with E-state index in [1.165, 1.54) is 0 Å². The molecule has 0 aromatic heterocycles. The Morgan fingerprint density at radius 2 is 1.12 bits per heavy atom. The van der Waals surface area contributed by atoms with E-state index < -0.39 is 34.6 Å². The van der Waals surface area contributed by atoms with Crippen molar-refractivity contribution in [2.75, 3.05) is 65.5 Å². The highest BCUT2D eigenvalue weighted by Crippen LogP contribution is 2.36. The minimum Gasteiger partial charge on any atom is -0.466 e. The zero-order valence-corrected chi connectivity index (χ0v) is 33.4. The summed E-state index contributed by atoms with van der Waals surface area (Å²) in [6, 6.07) is 0. The number of ketones is 2. The summed E-state index contributed by atoms with van der Waals surface area (Å²) >= 11 is 0. The third-order valence-corrected chi connectivity index (χ3v) is 9.27. The highest BCUT2D eigenvalue weighted by molar-refractivity contribution is 5.93. The maximum atomic E-state index is 14.1. The molecule has 0 aliphatic carbocycles. The highest BCUT2D eigenvalue weighted by atomic mass is 16.5. The van der Waals surface area contributed by atoms with Crippen LogP contribution in [0.2, 0.25) is 0 Å². The van der Waals surface area contributed by atoms with Gasteiger partial charge in [-0.1, -0.05) is 61.3 Å². The molecule has 9 N–H and O–H groups in total. The van der Waals surface area contributed by atoms with Gasteiger partial charge in [-0.15, -0.1) is 0 Å². The first-order valence-corrected chi connectivity index (χ1v) is 19.5. The van der Waals surface area contributed by atoms with Crippen LogP contribution in [-0.2, 0) is 33.5 Å². The SMILES string of the molecule is CCCCNC(=O)C(CC(=O)NCCNCCN)CC(C)(C)C(=O)CC(CC(C)(C)C(=O)C(CC)CC(=O)OCCCC)C(=O)NCCNCCN. The third kappa shape index (κ3) is 20.9. The fraction of sp³-hybridized carbons (Fsp3) is 0.842. The average molecular weight is 740 g/mol. The molecule has 3 amide bonds. The second-order valence-electron chi connectivity index (χ2n) is 15.0. The van der Waals surface area contributed by atoms with Crippen LogP contribution in [0.3, 0.4) is 0 Å². The van der Waals surface area contributed by atoms with Gasteiger partial charge in [-0.3, -0.25) is 28.8 Å². The summed E-state index contributed by atoms with van der Waals surface area (Å²) in [5.74, 6) is -4.00. The number of Topliss-reactive ketones (excluding diaryl/α,β-unsaturated/α-hetero) is 2. The highest BCUT2D eigenvalue weighted by Gasteiger charge is 2.41. The number of hydrogen-bond donors (Lipinski definition) is 7. The van der Waals surface area contributed by atoms with Gasteiger partial charge >= 0.3 is 5.97 Å². The number of hydrogen-bond acceptors (Lipinski definition) is 11. The van der Waals surface area contributed by atoms with Crippen molar-refractivity contribution < 1.29 is 33.5 Å². The molecule has 0 saturated heterocycles. The molecule has 0 fully saturated rings. The van der Waals surface area contributed by atoms with Crippen LogP contribution in [0.25, 0.3) is 0 Å². The van der Waals surface area contributed by atoms with E-state index in [-0.39, 0.29) is 61.4 Å². The Balaban J connectivity index is 6.07. The smallest absolute Gasteiger partial charge is 0.306 e. The predicted molar refractivity (Wildman–Crippen MR) is 205 cm³/mol. The zero-order valence-electron chi connectivity index (χ0n) is 33.4. The Bertz CT molecular complexity index is 1080. The van der Waals surface area contributed by atoms with Gasteiger partial charge in [-0.2, -0.15) is 0 Å². The predicted octanol–water partition coefficient (Wildman–Crippen LogP) is 1.97. The molecule has 302 valence electrons. The second kappa shape index (κ2) is 27.6. The minimum atomic E-state index is -1.07. The van der Waals surface area contributed by atoms with E-state index in [0.717, 1.165) is 25.7 Å². The number of nitrogens with one attached hydrogen (secondary N) is 5. The quantitative estimate of drug-likeness (QED) is 0.0390. The van der Waals surface area contributed by atoms with Gasteiger partial charge in [0.2, 0.25) is 17.7 Å². The van der Waals surface area contributed by atoms with Gasteiger partial charge in [0.1, 0.15) is 11.6 Å². The van der Waals surface area contributed by atoms with Crippen LogP contribution in [0.5, 0.6) is 0 Å². The lowest BCUT2D eigenvalue weighted by Gasteiger charge is -2.33. The molecule has 0 radical (unpaired) electrons. The number of unbranched alkanes of at least 4 members (excludes halogenated alkanes) is 2. The number of ether oxygens (including phenoxy) is 1. The van der Waals surface area contributed by atoms with Crippen molar-refractivity contribution in [3.8, 4) is 0 Å². The number of rotatable bonds is 32. The van der Waals surface area contributed by atoms with E-state index >= 15 is 0 Å². The van der Waals surface area contributed by atoms with Crippen molar-refractivity contribution in [2.45, 2.75) is 113 Å². The lowest BCUT2D eigenvalue weighted by Crippen LogP contribution is -2.43. The summed E-state index contributed by atoms with van der Waals surface area (Å²) in [4.78, 5) is 80.3. The van der Waals surface area contributed by atoms with E-state index in [2.05, 4.69) is 26.6 Å². The van der Waals surface area contributed by atoms with Crippen LogP contribution in [0.1, 0.15) is 113 Å². The Morgan fingerprint density at radius 3 is 1.65 bits per heavy atom. The van der Waals surface area contributed by atoms with Gasteiger partial charge < -0.3 is 42.8 Å². The molecule has 0 aromatic carbocycles. The van der Waals surface area contributed by atoms with Gasteiger partial charge in [0, 0.05) is 100 Å². The topological polar surface area (TPSA) is 224 Å². The van der Waals surface area contributed by atoms with Crippen LogP contribution in [0, 0.1) is 28.6 Å². The summed E-state index contributed by atoms with van der Waals surface area (Å²) < 4.78 is 5.32. The summed E-state index contributed by atoms with van der Waals surface area (Å²) in [6.45, 7) is 17.4. The van der Waals surface area contributed by atoms with Crippen molar-refractivity contribution in [3.63, 3.8) is 0 Å². The Morgan fingerprint density at radius 1 is 0.596 bits per heavy atom. The largest absolute Gasteiger partial charge is 0.466 e. The van der Waals surface area contributed by atoms with Gasteiger partial charge in [-0.05, 0) is 32.1 Å². The van der Waals surface area contributed by atoms with E-state index in [1.807, 2.05) is 20.8 Å². The first-order chi connectivity index (χ1) is 24.6. The molecule has 3 unspecified atom stereocenters. The molecule has 0 aliphatic heterocycles. The number of esters is 1. The van der Waals surface area contributed by atoms with Gasteiger partial charge in [0.05, 0.1) is 13.0 Å². The zero-order chi connectivity index (χ0) is 39.6. The molecular weight excluding hydrogens is 666 g/mol. The van der Waals surface area contributed by atoms with Crippen LogP contribution < -0.4 is 38.1 Å². The van der Waals surface area contributed by atoms with E-state index in [4.69, 9.17) is 16.2 Å². The maximum Gasteiger partial charge on any atom is 0.306 e.